The molecule has 0 radical (unpaired) electrons. The van der Waals surface area contributed by atoms with Crippen molar-refractivity contribution in [1.29, 1.82) is 0 Å². The summed E-state index contributed by atoms with van der Waals surface area (Å²) in [5.41, 5.74) is 3.46. The normalized spacial score (nSPS) is 15.3. The lowest BCUT2D eigenvalue weighted by Gasteiger charge is -2.25. The fraction of sp³-hybridized carbons (Fsp3) is 0.259. The first-order chi connectivity index (χ1) is 17.3. The number of esters is 2. The van der Waals surface area contributed by atoms with Crippen LogP contribution >= 0.6 is 11.3 Å². The maximum atomic E-state index is 13.6. The standard InChI is InChI=1S/C27H26N2O6S/c1-16-5-7-18(8-6-16)15-21-24(30)29-23(19-9-11-20(12-10-19)25(31)34-4)22(17(2)28-27(29)36-21)26(32)35-14-13-33-3/h5-12,15,23H,13-14H2,1-4H3/b21-15+. The molecule has 1 aliphatic rings. The Kier molecular flexibility index (Phi) is 7.61. The van der Waals surface area contributed by atoms with Gasteiger partial charge in [0.25, 0.3) is 5.56 Å². The number of fused-ring (bicyclic) bond motifs is 1. The first kappa shape index (κ1) is 25.3. The number of aryl methyl sites for hydroxylation is 1. The number of carbonyl (C=O) groups is 2. The molecule has 1 aliphatic heterocycles. The van der Waals surface area contributed by atoms with Gasteiger partial charge < -0.3 is 14.2 Å². The van der Waals surface area contributed by atoms with E-state index in [2.05, 4.69) is 4.99 Å². The highest BCUT2D eigenvalue weighted by Crippen LogP contribution is 2.31. The topological polar surface area (TPSA) is 96.2 Å². The van der Waals surface area contributed by atoms with E-state index in [-0.39, 0.29) is 24.3 Å². The number of hydrogen-bond acceptors (Lipinski definition) is 8. The zero-order valence-electron chi connectivity index (χ0n) is 20.4. The molecule has 0 spiro atoms. The van der Waals surface area contributed by atoms with E-state index in [1.807, 2.05) is 37.3 Å². The summed E-state index contributed by atoms with van der Waals surface area (Å²) in [6.45, 7) is 4.03. The van der Waals surface area contributed by atoms with Crippen molar-refractivity contribution in [3.8, 4) is 0 Å². The zero-order chi connectivity index (χ0) is 25.8. The minimum absolute atomic E-state index is 0.0674. The lowest BCUT2D eigenvalue weighted by molar-refractivity contribution is -0.140. The average Bonchev–Trinajstić information content (AvgIpc) is 3.18. The molecule has 2 heterocycles. The van der Waals surface area contributed by atoms with Crippen LogP contribution in [0.3, 0.4) is 0 Å². The Bertz CT molecular complexity index is 1500. The molecule has 0 saturated carbocycles. The molecule has 0 fully saturated rings. The molecule has 4 rings (SSSR count). The maximum absolute atomic E-state index is 13.6. The fourth-order valence-corrected chi connectivity index (χ4v) is 4.97. The monoisotopic (exact) mass is 506 g/mol. The molecule has 1 unspecified atom stereocenters. The van der Waals surface area contributed by atoms with Crippen LogP contribution in [0.2, 0.25) is 0 Å². The van der Waals surface area contributed by atoms with Gasteiger partial charge in [0, 0.05) is 7.11 Å². The molecule has 0 N–H and O–H groups in total. The van der Waals surface area contributed by atoms with Crippen LogP contribution < -0.4 is 14.9 Å². The van der Waals surface area contributed by atoms with E-state index in [9.17, 15) is 14.4 Å². The first-order valence-electron chi connectivity index (χ1n) is 11.3. The van der Waals surface area contributed by atoms with Crippen LogP contribution in [-0.2, 0) is 19.0 Å². The first-order valence-corrected chi connectivity index (χ1v) is 12.1. The summed E-state index contributed by atoms with van der Waals surface area (Å²) >= 11 is 1.26. The number of rotatable bonds is 7. The van der Waals surface area contributed by atoms with Crippen molar-refractivity contribution in [3.05, 3.63) is 102 Å². The highest BCUT2D eigenvalue weighted by Gasteiger charge is 2.33. The molecule has 0 aliphatic carbocycles. The lowest BCUT2D eigenvalue weighted by atomic mass is 9.95. The Hall–Kier alpha value is -3.82. The quantitative estimate of drug-likeness (QED) is 0.361. The molecule has 0 bridgehead atoms. The Morgan fingerprint density at radius 2 is 1.69 bits per heavy atom. The van der Waals surface area contributed by atoms with Gasteiger partial charge in [-0.25, -0.2) is 14.6 Å². The number of carbonyl (C=O) groups excluding carboxylic acids is 2. The molecule has 186 valence electrons. The summed E-state index contributed by atoms with van der Waals surface area (Å²) in [5, 5.41) is 0. The Balaban J connectivity index is 1.87. The molecular weight excluding hydrogens is 480 g/mol. The fourth-order valence-electron chi connectivity index (χ4n) is 3.93. The van der Waals surface area contributed by atoms with Crippen LogP contribution in [0.25, 0.3) is 6.08 Å². The highest BCUT2D eigenvalue weighted by molar-refractivity contribution is 7.07. The third kappa shape index (κ3) is 5.07. The number of thiazole rings is 1. The highest BCUT2D eigenvalue weighted by atomic mass is 32.1. The summed E-state index contributed by atoms with van der Waals surface area (Å²) in [6.07, 6.45) is 1.82. The second-order valence-corrected chi connectivity index (χ2v) is 9.24. The van der Waals surface area contributed by atoms with Crippen molar-refractivity contribution < 1.29 is 23.8 Å². The van der Waals surface area contributed by atoms with E-state index in [0.717, 1.165) is 11.1 Å². The van der Waals surface area contributed by atoms with Crippen LogP contribution in [0.15, 0.2) is 69.6 Å². The van der Waals surface area contributed by atoms with Gasteiger partial charge in [0.1, 0.15) is 6.61 Å². The van der Waals surface area contributed by atoms with Gasteiger partial charge >= 0.3 is 11.9 Å². The Labute approximate surface area is 211 Å². The number of benzene rings is 2. The van der Waals surface area contributed by atoms with Crippen LogP contribution in [0.1, 0.15) is 40.0 Å². The van der Waals surface area contributed by atoms with Gasteiger partial charge in [0.05, 0.1) is 41.1 Å². The molecular formula is C27H26N2O6S. The van der Waals surface area contributed by atoms with Crippen LogP contribution in [-0.4, -0.2) is 43.9 Å². The molecule has 8 nitrogen and oxygen atoms in total. The van der Waals surface area contributed by atoms with Crippen LogP contribution in [0.4, 0.5) is 0 Å². The van der Waals surface area contributed by atoms with E-state index in [1.54, 1.807) is 31.2 Å². The number of nitrogens with zero attached hydrogens (tertiary/aromatic N) is 2. The molecule has 3 aromatic rings. The second kappa shape index (κ2) is 10.8. The van der Waals surface area contributed by atoms with Gasteiger partial charge in [0.2, 0.25) is 0 Å². The van der Waals surface area contributed by atoms with Gasteiger partial charge in [0.15, 0.2) is 4.80 Å². The largest absolute Gasteiger partial charge is 0.465 e. The van der Waals surface area contributed by atoms with Crippen molar-refractivity contribution >= 4 is 29.4 Å². The zero-order valence-corrected chi connectivity index (χ0v) is 21.3. The van der Waals surface area contributed by atoms with E-state index in [1.165, 1.54) is 30.1 Å². The van der Waals surface area contributed by atoms with Gasteiger partial charge in [-0.1, -0.05) is 53.3 Å². The molecule has 2 aromatic carbocycles. The maximum Gasteiger partial charge on any atom is 0.338 e. The van der Waals surface area contributed by atoms with Gasteiger partial charge in [-0.05, 0) is 43.2 Å². The summed E-state index contributed by atoms with van der Waals surface area (Å²) < 4.78 is 17.2. The molecule has 1 aromatic heterocycles. The number of methoxy groups -OCH3 is 2. The van der Waals surface area contributed by atoms with Crippen molar-refractivity contribution in [2.75, 3.05) is 27.4 Å². The van der Waals surface area contributed by atoms with Crippen LogP contribution in [0.5, 0.6) is 0 Å². The summed E-state index contributed by atoms with van der Waals surface area (Å²) in [5.74, 6) is -1.06. The van der Waals surface area contributed by atoms with E-state index < -0.39 is 18.0 Å². The number of ether oxygens (including phenoxy) is 3. The summed E-state index contributed by atoms with van der Waals surface area (Å²) in [4.78, 5) is 43.8. The minimum Gasteiger partial charge on any atom is -0.465 e. The molecule has 9 heteroatoms. The second-order valence-electron chi connectivity index (χ2n) is 8.23. The van der Waals surface area contributed by atoms with Crippen molar-refractivity contribution in [2.45, 2.75) is 19.9 Å². The van der Waals surface area contributed by atoms with E-state index >= 15 is 0 Å². The van der Waals surface area contributed by atoms with Gasteiger partial charge in [-0.3, -0.25) is 9.36 Å². The number of aromatic nitrogens is 1. The summed E-state index contributed by atoms with van der Waals surface area (Å²) in [6, 6.07) is 13.7. The minimum atomic E-state index is -0.775. The molecule has 1 atom stereocenters. The number of hydrogen-bond donors (Lipinski definition) is 0. The predicted octanol–water partition coefficient (Wildman–Crippen LogP) is 2.52. The van der Waals surface area contributed by atoms with Gasteiger partial charge in [-0.2, -0.15) is 0 Å². The lowest BCUT2D eigenvalue weighted by Crippen LogP contribution is -2.40. The van der Waals surface area contributed by atoms with Crippen molar-refractivity contribution in [3.63, 3.8) is 0 Å². The SMILES string of the molecule is COCCOC(=O)C1=C(C)N=c2s/c(=C/c3ccc(C)cc3)c(=O)n2C1c1ccc(C(=O)OC)cc1. The Morgan fingerprint density at radius 1 is 1.00 bits per heavy atom. The Morgan fingerprint density at radius 3 is 2.33 bits per heavy atom. The van der Waals surface area contributed by atoms with E-state index in [0.29, 0.717) is 26.2 Å². The smallest absolute Gasteiger partial charge is 0.338 e. The molecule has 0 saturated heterocycles. The van der Waals surface area contributed by atoms with Crippen molar-refractivity contribution in [2.24, 2.45) is 4.99 Å². The third-order valence-electron chi connectivity index (χ3n) is 5.78. The summed E-state index contributed by atoms with van der Waals surface area (Å²) in [7, 11) is 2.83. The van der Waals surface area contributed by atoms with Gasteiger partial charge in [-0.15, -0.1) is 0 Å². The molecule has 0 amide bonds. The third-order valence-corrected chi connectivity index (χ3v) is 6.77. The average molecular weight is 507 g/mol. The number of allylic oxidation sites excluding steroid dienone is 1. The van der Waals surface area contributed by atoms with Crippen LogP contribution in [0, 0.1) is 6.92 Å². The van der Waals surface area contributed by atoms with Crippen molar-refractivity contribution in [1.82, 2.24) is 4.57 Å². The molecule has 36 heavy (non-hydrogen) atoms. The van der Waals surface area contributed by atoms with E-state index in [4.69, 9.17) is 14.2 Å². The predicted molar refractivity (Wildman–Crippen MR) is 136 cm³/mol.